The maximum Gasteiger partial charge on any atom is 0.317 e. The Morgan fingerprint density at radius 1 is 1.56 bits per heavy atom. The Morgan fingerprint density at radius 3 is 2.72 bits per heavy atom. The second-order valence-corrected chi connectivity index (χ2v) is 5.39. The van der Waals surface area contributed by atoms with Gasteiger partial charge >= 0.3 is 5.97 Å². The summed E-state index contributed by atoms with van der Waals surface area (Å²) in [5, 5.41) is 8.85. The van der Waals surface area contributed by atoms with E-state index in [9.17, 15) is 9.18 Å². The number of carboxylic acids is 1. The summed E-state index contributed by atoms with van der Waals surface area (Å²) >= 11 is 3.23. The predicted octanol–water partition coefficient (Wildman–Crippen LogP) is 2.53. The number of hydrogen-bond acceptors (Lipinski definition) is 3. The van der Waals surface area contributed by atoms with E-state index in [1.54, 1.807) is 4.90 Å². The van der Waals surface area contributed by atoms with E-state index >= 15 is 0 Å². The van der Waals surface area contributed by atoms with Gasteiger partial charge in [0.2, 0.25) is 0 Å². The fraction of sp³-hybridized carbons (Fsp3) is 0.500. The molecule has 18 heavy (non-hydrogen) atoms. The molecule has 100 valence electrons. The molecule has 0 saturated carbocycles. The first-order valence-electron chi connectivity index (χ1n) is 5.62. The van der Waals surface area contributed by atoms with Crippen LogP contribution in [0.3, 0.4) is 0 Å². The second-order valence-electron chi connectivity index (χ2n) is 4.54. The monoisotopic (exact) mass is 318 g/mol. The Kier molecular flexibility index (Phi) is 5.68. The van der Waals surface area contributed by atoms with Crippen molar-refractivity contribution in [1.29, 1.82) is 0 Å². The van der Waals surface area contributed by atoms with Crippen LogP contribution in [0.15, 0.2) is 16.9 Å². The van der Waals surface area contributed by atoms with Gasteiger partial charge in [-0.2, -0.15) is 0 Å². The quantitative estimate of drug-likeness (QED) is 0.875. The molecule has 0 amide bonds. The molecule has 0 unspecified atom stereocenters. The minimum atomic E-state index is -0.916. The summed E-state index contributed by atoms with van der Waals surface area (Å²) in [7, 11) is 0. The number of nitrogens with zero attached hydrogens (tertiary/aromatic N) is 2. The van der Waals surface area contributed by atoms with E-state index in [-0.39, 0.29) is 13.1 Å². The Hall–Kier alpha value is -1.01. The summed E-state index contributed by atoms with van der Waals surface area (Å²) in [6.45, 7) is 4.73. The smallest absolute Gasteiger partial charge is 0.317 e. The lowest BCUT2D eigenvalue weighted by Gasteiger charge is -2.23. The molecule has 4 nitrogen and oxygen atoms in total. The highest BCUT2D eigenvalue weighted by Gasteiger charge is 2.16. The Morgan fingerprint density at radius 2 is 2.22 bits per heavy atom. The van der Waals surface area contributed by atoms with Crippen molar-refractivity contribution < 1.29 is 14.3 Å². The molecule has 1 heterocycles. The fourth-order valence-electron chi connectivity index (χ4n) is 1.71. The van der Waals surface area contributed by atoms with Gasteiger partial charge in [0, 0.05) is 29.3 Å². The zero-order chi connectivity index (χ0) is 13.7. The maximum absolute atomic E-state index is 13.6. The highest BCUT2D eigenvalue weighted by atomic mass is 79.9. The first-order valence-corrected chi connectivity index (χ1v) is 6.41. The molecule has 0 saturated heterocycles. The van der Waals surface area contributed by atoms with Gasteiger partial charge in [0.15, 0.2) is 0 Å². The van der Waals surface area contributed by atoms with Crippen LogP contribution in [0.2, 0.25) is 0 Å². The van der Waals surface area contributed by atoms with E-state index in [4.69, 9.17) is 5.11 Å². The largest absolute Gasteiger partial charge is 0.480 e. The van der Waals surface area contributed by atoms with Crippen LogP contribution in [0, 0.1) is 11.7 Å². The van der Waals surface area contributed by atoms with Crippen molar-refractivity contribution in [2.45, 2.75) is 20.4 Å². The average molecular weight is 319 g/mol. The lowest BCUT2D eigenvalue weighted by atomic mass is 10.1. The minimum Gasteiger partial charge on any atom is -0.480 e. The number of pyridine rings is 1. The molecule has 0 aliphatic carbocycles. The molecule has 1 aromatic rings. The zero-order valence-corrected chi connectivity index (χ0v) is 11.9. The Balaban J connectivity index is 2.84. The lowest BCUT2D eigenvalue weighted by Crippen LogP contribution is -2.33. The normalized spacial score (nSPS) is 11.2. The molecule has 1 N–H and O–H groups in total. The van der Waals surface area contributed by atoms with Crippen LogP contribution in [0.5, 0.6) is 0 Å². The standard InChI is InChI=1S/C12H16BrFN2O2/c1-8(2)5-16(7-12(17)18)6-9-10(13)3-15-4-11(9)14/h3-4,8H,5-7H2,1-2H3,(H,17,18). The van der Waals surface area contributed by atoms with Crippen LogP contribution >= 0.6 is 15.9 Å². The van der Waals surface area contributed by atoms with Crippen molar-refractivity contribution in [2.75, 3.05) is 13.1 Å². The minimum absolute atomic E-state index is 0.105. The van der Waals surface area contributed by atoms with Gasteiger partial charge in [0.25, 0.3) is 0 Å². The van der Waals surface area contributed by atoms with E-state index in [2.05, 4.69) is 20.9 Å². The number of aliphatic carboxylic acids is 1. The SMILES string of the molecule is CC(C)CN(CC(=O)O)Cc1c(F)cncc1Br. The van der Waals surface area contributed by atoms with E-state index < -0.39 is 11.8 Å². The van der Waals surface area contributed by atoms with Gasteiger partial charge in [0.05, 0.1) is 12.7 Å². The molecule has 0 bridgehead atoms. The van der Waals surface area contributed by atoms with Crippen molar-refractivity contribution in [3.8, 4) is 0 Å². The molecule has 1 rings (SSSR count). The molecule has 0 spiro atoms. The molecule has 0 fully saturated rings. The van der Waals surface area contributed by atoms with Gasteiger partial charge in [-0.1, -0.05) is 13.8 Å². The molecular weight excluding hydrogens is 303 g/mol. The predicted molar refractivity (Wildman–Crippen MR) is 69.6 cm³/mol. The number of carbonyl (C=O) groups is 1. The molecule has 0 radical (unpaired) electrons. The van der Waals surface area contributed by atoms with Crippen LogP contribution in [0.25, 0.3) is 0 Å². The summed E-state index contributed by atoms with van der Waals surface area (Å²) in [5.41, 5.74) is 0.437. The number of carboxylic acid groups (broad SMARTS) is 1. The Bertz CT molecular complexity index is 406. The second kappa shape index (κ2) is 6.80. The summed E-state index contributed by atoms with van der Waals surface area (Å²) in [6, 6.07) is 0. The molecule has 0 atom stereocenters. The molecule has 1 aromatic heterocycles. The molecular formula is C12H16BrFN2O2. The van der Waals surface area contributed by atoms with E-state index in [1.165, 1.54) is 6.20 Å². The van der Waals surface area contributed by atoms with Crippen LogP contribution < -0.4 is 0 Å². The third kappa shape index (κ3) is 4.70. The van der Waals surface area contributed by atoms with Crippen LogP contribution in [0.1, 0.15) is 19.4 Å². The summed E-state index contributed by atoms with van der Waals surface area (Å²) in [5.74, 6) is -1.03. The number of aromatic nitrogens is 1. The van der Waals surface area contributed by atoms with Gasteiger partial charge in [-0.15, -0.1) is 0 Å². The average Bonchev–Trinajstić information content (AvgIpc) is 2.21. The topological polar surface area (TPSA) is 53.4 Å². The van der Waals surface area contributed by atoms with Crippen LogP contribution in [-0.2, 0) is 11.3 Å². The molecule has 0 aliphatic rings. The van der Waals surface area contributed by atoms with Gasteiger partial charge in [-0.3, -0.25) is 14.7 Å². The van der Waals surface area contributed by atoms with Crippen molar-refractivity contribution >= 4 is 21.9 Å². The van der Waals surface area contributed by atoms with Crippen molar-refractivity contribution in [3.63, 3.8) is 0 Å². The fourth-order valence-corrected chi connectivity index (χ4v) is 2.14. The van der Waals surface area contributed by atoms with Crippen LogP contribution in [-0.4, -0.2) is 34.0 Å². The molecule has 6 heteroatoms. The van der Waals surface area contributed by atoms with Gasteiger partial charge in [-0.25, -0.2) is 4.39 Å². The third-order valence-electron chi connectivity index (χ3n) is 2.32. The van der Waals surface area contributed by atoms with Gasteiger partial charge in [-0.05, 0) is 21.8 Å². The molecule has 0 aliphatic heterocycles. The van der Waals surface area contributed by atoms with Gasteiger partial charge < -0.3 is 5.11 Å². The zero-order valence-electron chi connectivity index (χ0n) is 10.4. The van der Waals surface area contributed by atoms with E-state index in [0.717, 1.165) is 6.20 Å². The Labute approximate surface area is 114 Å². The van der Waals surface area contributed by atoms with Crippen molar-refractivity contribution in [2.24, 2.45) is 5.92 Å². The maximum atomic E-state index is 13.6. The number of halogens is 2. The van der Waals surface area contributed by atoms with Crippen molar-refractivity contribution in [3.05, 3.63) is 28.2 Å². The third-order valence-corrected chi connectivity index (χ3v) is 3.00. The first-order chi connectivity index (χ1) is 8.40. The van der Waals surface area contributed by atoms with Crippen molar-refractivity contribution in [1.82, 2.24) is 9.88 Å². The van der Waals surface area contributed by atoms with Gasteiger partial charge in [0.1, 0.15) is 5.82 Å². The van der Waals surface area contributed by atoms with Crippen LogP contribution in [0.4, 0.5) is 4.39 Å². The lowest BCUT2D eigenvalue weighted by molar-refractivity contribution is -0.138. The summed E-state index contributed by atoms with van der Waals surface area (Å²) < 4.78 is 14.2. The number of rotatable bonds is 6. The first kappa shape index (κ1) is 15.0. The highest BCUT2D eigenvalue weighted by Crippen LogP contribution is 2.20. The van der Waals surface area contributed by atoms with E-state index in [0.29, 0.717) is 22.5 Å². The number of hydrogen-bond donors (Lipinski definition) is 1. The summed E-state index contributed by atoms with van der Waals surface area (Å²) in [4.78, 5) is 16.2. The highest BCUT2D eigenvalue weighted by molar-refractivity contribution is 9.10. The molecule has 0 aromatic carbocycles. The summed E-state index contributed by atoms with van der Waals surface area (Å²) in [6.07, 6.45) is 2.64. The van der Waals surface area contributed by atoms with E-state index in [1.807, 2.05) is 13.8 Å².